The number of nitrogens with zero attached hydrogens (tertiary/aromatic N) is 8. The lowest BCUT2D eigenvalue weighted by molar-refractivity contribution is -0.193. The molecule has 9 rings (SSSR count). The van der Waals surface area contributed by atoms with Crippen LogP contribution in [0.2, 0.25) is 0 Å². The highest BCUT2D eigenvalue weighted by Gasteiger charge is 2.52. The average Bonchev–Trinajstić information content (AvgIpc) is 4.32. The van der Waals surface area contributed by atoms with Gasteiger partial charge in [-0.15, -0.1) is 0 Å². The van der Waals surface area contributed by atoms with Gasteiger partial charge < -0.3 is 28.6 Å². The molecule has 22 heteroatoms. The fourth-order valence-corrected chi connectivity index (χ4v) is 8.99. The van der Waals surface area contributed by atoms with Crippen molar-refractivity contribution < 1.29 is 57.1 Å². The first-order valence-corrected chi connectivity index (χ1v) is 27.5. The molecule has 2 unspecified atom stereocenters. The number of ether oxygens (including phenoxy) is 2. The van der Waals surface area contributed by atoms with Gasteiger partial charge >= 0.3 is 43.7 Å². The van der Waals surface area contributed by atoms with E-state index in [0.717, 1.165) is 56.6 Å². The Kier molecular flexibility index (Phi) is 24.3. The van der Waals surface area contributed by atoms with E-state index in [9.17, 15) is 19.2 Å². The number of hydrogen-bond donors (Lipinski definition) is 0. The summed E-state index contributed by atoms with van der Waals surface area (Å²) >= 11 is 3.44. The van der Waals surface area contributed by atoms with Gasteiger partial charge in [0.05, 0.1) is 29.5 Å². The van der Waals surface area contributed by atoms with Crippen molar-refractivity contribution in [3.8, 4) is 11.1 Å². The molecule has 5 heterocycles. The molecule has 442 valence electrons. The van der Waals surface area contributed by atoms with Gasteiger partial charge in [0.2, 0.25) is 0 Å². The van der Waals surface area contributed by atoms with Crippen LogP contribution in [0.5, 0.6) is 0 Å². The number of benzene rings is 4. The van der Waals surface area contributed by atoms with Crippen LogP contribution in [0.25, 0.3) is 11.1 Å². The molecule has 0 radical (unpaired) electrons. The summed E-state index contributed by atoms with van der Waals surface area (Å²) in [5, 5.41) is 8.16. The molecule has 0 N–H and O–H groups in total. The first kappa shape index (κ1) is 67.5. The van der Waals surface area contributed by atoms with Gasteiger partial charge in [-0.05, 0) is 135 Å². The van der Waals surface area contributed by atoms with Gasteiger partial charge in [-0.2, -0.15) is 38.7 Å². The molecule has 3 aliphatic heterocycles. The maximum atomic E-state index is 13.2. The Morgan fingerprint density at radius 1 is 0.602 bits per heavy atom. The summed E-state index contributed by atoms with van der Waals surface area (Å²) < 4.78 is 25.8. The third-order valence-electron chi connectivity index (χ3n) is 13.4. The van der Waals surface area contributed by atoms with E-state index in [1.165, 1.54) is 10.2 Å². The number of amides is 4. The van der Waals surface area contributed by atoms with Crippen LogP contribution in [-0.2, 0) is 51.1 Å². The molecule has 3 fully saturated rings. The van der Waals surface area contributed by atoms with Gasteiger partial charge in [0.25, 0.3) is 0 Å². The van der Waals surface area contributed by atoms with Crippen LogP contribution in [-0.4, -0.2) is 121 Å². The van der Waals surface area contributed by atoms with Gasteiger partial charge in [0, 0.05) is 71.6 Å². The van der Waals surface area contributed by atoms with E-state index >= 15 is 0 Å². The molecule has 0 saturated carbocycles. The number of halogens is 1. The number of hydrogen-bond acceptors (Lipinski definition) is 14. The average molecular weight is 1200 g/mol. The fourth-order valence-electron chi connectivity index (χ4n) is 8.73. The minimum Gasteiger partial charge on any atom is -0.442 e. The van der Waals surface area contributed by atoms with E-state index in [-0.39, 0.29) is 43.9 Å². The lowest BCUT2D eigenvalue weighted by Crippen LogP contribution is -2.41. The van der Waals surface area contributed by atoms with Crippen LogP contribution < -0.4 is 15.3 Å². The third-order valence-corrected chi connectivity index (χ3v) is 13.9. The number of rotatable bonds is 10. The zero-order valence-corrected chi connectivity index (χ0v) is 50.1. The minimum atomic E-state index is -0.586. The highest BCUT2D eigenvalue weighted by molar-refractivity contribution is 9.10. The summed E-state index contributed by atoms with van der Waals surface area (Å²) in [6.07, 6.45) is 7.72. The quantitative estimate of drug-likeness (QED) is 0.116. The van der Waals surface area contributed by atoms with E-state index in [1.807, 2.05) is 186 Å². The van der Waals surface area contributed by atoms with Gasteiger partial charge in [0.15, 0.2) is 0 Å². The molecule has 20 nitrogen and oxygen atoms in total. The Hall–Kier alpha value is -8.00. The van der Waals surface area contributed by atoms with Crippen molar-refractivity contribution in [3.63, 3.8) is 0 Å². The van der Waals surface area contributed by atoms with Crippen LogP contribution in [0.3, 0.4) is 0 Å². The third kappa shape index (κ3) is 18.8. The van der Waals surface area contributed by atoms with E-state index in [1.54, 1.807) is 24.8 Å². The Labute approximate surface area is 495 Å². The van der Waals surface area contributed by atoms with E-state index in [2.05, 4.69) is 52.1 Å². The van der Waals surface area contributed by atoms with Crippen molar-refractivity contribution in [1.29, 1.82) is 0 Å². The predicted octanol–water partition coefficient (Wildman–Crippen LogP) is 11.7. The summed E-state index contributed by atoms with van der Waals surface area (Å²) in [6, 6.07) is 36.5. The largest absolute Gasteiger partial charge is 0.498 e. The minimum absolute atomic E-state index is 0. The first-order valence-electron chi connectivity index (χ1n) is 26.7. The molecule has 2 aromatic heterocycles. The van der Waals surface area contributed by atoms with Crippen LogP contribution >= 0.6 is 15.9 Å². The Bertz CT molecular complexity index is 3100. The molecule has 4 aromatic carbocycles. The van der Waals surface area contributed by atoms with Gasteiger partial charge in [-0.3, -0.25) is 9.80 Å². The summed E-state index contributed by atoms with van der Waals surface area (Å²) in [5.41, 5.74) is 4.54. The molecule has 0 spiro atoms. The van der Waals surface area contributed by atoms with Crippen LogP contribution in [0.4, 0.5) is 30.6 Å². The molecule has 3 saturated heterocycles. The molecule has 0 aliphatic carbocycles. The van der Waals surface area contributed by atoms with Crippen molar-refractivity contribution in [2.45, 2.75) is 151 Å². The van der Waals surface area contributed by atoms with Crippen LogP contribution in [0.1, 0.15) is 114 Å². The molecule has 2 atom stereocenters. The number of carbonyl (C=O) groups excluding carboxylic acids is 8. The monoisotopic (exact) mass is 1200 g/mol. The Morgan fingerprint density at radius 3 is 1.36 bits per heavy atom. The molecular weight excluding hydrogens is 1130 g/mol. The molecule has 3 aliphatic rings. The fraction of sp³-hybridized carbons (Fsp3) is 0.410. The SMILES string of the molecule is C.CC(C)(C)OC(=O)n1cc(B2OC(C)(C)C(C)(C)O2)cn1.CCC1CN(Cc2ccccc2)C(=O)N1c1ccc(-c2cnn(C(=O)OC(C)(C)C)c2)cc1.CCC1CN(Cc2ccccc2)C(=O)N1c1ccc(Br)cc1.O=C=O.O=C=O. The number of carbonyl (C=O) groups is 4. The zero-order chi connectivity index (χ0) is 60.6. The Morgan fingerprint density at radius 2 is 0.976 bits per heavy atom. The maximum Gasteiger partial charge on any atom is 0.498 e. The van der Waals surface area contributed by atoms with Gasteiger partial charge in [0.1, 0.15) is 11.2 Å². The lowest BCUT2D eigenvalue weighted by Gasteiger charge is -2.32. The van der Waals surface area contributed by atoms with Crippen molar-refractivity contribution in [1.82, 2.24) is 29.4 Å². The second kappa shape index (κ2) is 29.8. The zero-order valence-electron chi connectivity index (χ0n) is 48.5. The van der Waals surface area contributed by atoms with Crippen molar-refractivity contribution in [2.24, 2.45) is 0 Å². The van der Waals surface area contributed by atoms with E-state index < -0.39 is 41.7 Å². The second-order valence-electron chi connectivity index (χ2n) is 22.3. The van der Waals surface area contributed by atoms with Crippen molar-refractivity contribution >= 4 is 76.4 Å². The smallest absolute Gasteiger partial charge is 0.442 e. The lowest BCUT2D eigenvalue weighted by atomic mass is 9.82. The predicted molar refractivity (Wildman–Crippen MR) is 317 cm³/mol. The summed E-state index contributed by atoms with van der Waals surface area (Å²) in [6.45, 7) is 25.8. The summed E-state index contributed by atoms with van der Waals surface area (Å²) in [7, 11) is -0.536. The van der Waals surface area contributed by atoms with Gasteiger partial charge in [-0.25, -0.2) is 19.2 Å². The van der Waals surface area contributed by atoms with Crippen molar-refractivity contribution in [3.05, 3.63) is 150 Å². The topological polar surface area (TPSA) is 222 Å². The highest BCUT2D eigenvalue weighted by Crippen LogP contribution is 2.37. The standard InChI is InChI=1S/C26H30N4O3.C18H19BrN2O.C14H23BN2O4.2CO2.CH4/c1-5-22-18-28(16-19-9-7-6-8-10-19)24(31)30(22)23-13-11-20(12-14-23)21-15-27-29(17-21)25(32)33-26(2,3)4;1-2-16-13-20(12-14-6-4-3-5-7-14)18(22)21(16)17-10-8-15(19)9-11-17;1-12(2,3)19-11(18)17-9-10(8-16-17)15-20-13(4,5)14(6,7)21-15;2*2-1-3;/h6-15,17,22H,5,16,18H2,1-4H3;3-11,16H,2,12-13H2,1H3;8-9H,1-7H3;;;1H4. The second-order valence-corrected chi connectivity index (χ2v) is 23.2. The highest BCUT2D eigenvalue weighted by atomic mass is 79.9. The normalized spacial score (nSPS) is 16.7. The first-order chi connectivity index (χ1) is 38.7. The van der Waals surface area contributed by atoms with E-state index in [4.69, 9.17) is 38.0 Å². The van der Waals surface area contributed by atoms with E-state index in [0.29, 0.717) is 25.1 Å². The number of aromatic nitrogens is 4. The van der Waals surface area contributed by atoms with Crippen LogP contribution in [0.15, 0.2) is 138 Å². The number of anilines is 2. The van der Waals surface area contributed by atoms with Gasteiger partial charge in [-0.1, -0.05) is 110 Å². The maximum absolute atomic E-state index is 13.2. The van der Waals surface area contributed by atoms with Crippen LogP contribution in [0, 0.1) is 0 Å². The molecular formula is C61H76BBrN8O12. The summed E-state index contributed by atoms with van der Waals surface area (Å²) in [5.74, 6) is 0. The summed E-state index contributed by atoms with van der Waals surface area (Å²) in [4.78, 5) is 90.3. The molecule has 83 heavy (non-hydrogen) atoms. The van der Waals surface area contributed by atoms with Crippen molar-refractivity contribution in [2.75, 3.05) is 22.9 Å². The Balaban J connectivity index is 0.000000261. The molecule has 4 amide bonds. The number of urea groups is 2. The molecule has 0 bridgehead atoms. The molecule has 6 aromatic rings.